The lowest BCUT2D eigenvalue weighted by atomic mass is 9.53. The Morgan fingerprint density at radius 1 is 0.532 bits per heavy atom. The molecule has 10 saturated carbocycles. The first-order valence-electron chi connectivity index (χ1n) is 20.1. The minimum atomic E-state index is -0.476. The lowest BCUT2D eigenvalue weighted by Gasteiger charge is -2.57. The number of aryl methyl sites for hydroxylation is 1. The van der Waals surface area contributed by atoms with Gasteiger partial charge in [-0.05, 0) is 138 Å². The second kappa shape index (κ2) is 11.2. The van der Waals surface area contributed by atoms with E-state index in [1.165, 1.54) is 94.6 Å². The Morgan fingerprint density at radius 3 is 1.34 bits per heavy atom. The van der Waals surface area contributed by atoms with Crippen LogP contribution in [0.25, 0.3) is 0 Å². The van der Waals surface area contributed by atoms with Crippen LogP contribution in [-0.2, 0) is 29.0 Å². The molecule has 12 aliphatic rings. The van der Waals surface area contributed by atoms with Gasteiger partial charge in [-0.3, -0.25) is 0 Å². The fraction of sp³-hybridized carbons (Fsp3) is 0.854. The molecule has 0 atom stereocenters. The molecular weight excluding hydrogens is 588 g/mol. The molecule has 4 spiro atoms. The van der Waals surface area contributed by atoms with Gasteiger partial charge in [-0.25, -0.2) is 0 Å². The van der Waals surface area contributed by atoms with E-state index < -0.39 is 17.4 Å². The number of benzene rings is 1. The molecule has 6 heteroatoms. The van der Waals surface area contributed by atoms with E-state index in [1.54, 1.807) is 0 Å². The first-order chi connectivity index (χ1) is 22.9. The Morgan fingerprint density at radius 2 is 0.936 bits per heavy atom. The number of hydrogen-bond acceptors (Lipinski definition) is 6. The predicted octanol–water partition coefficient (Wildman–Crippen LogP) is 9.89. The van der Waals surface area contributed by atoms with Crippen LogP contribution < -0.4 is 0 Å². The monoisotopic (exact) mass is 646 g/mol. The summed E-state index contributed by atoms with van der Waals surface area (Å²) in [5.41, 5.74) is 2.80. The zero-order valence-corrected chi connectivity index (χ0v) is 29.0. The van der Waals surface area contributed by atoms with Crippen LogP contribution in [-0.4, -0.2) is 23.1 Å². The van der Waals surface area contributed by atoms with Crippen molar-refractivity contribution in [1.82, 2.24) is 0 Å². The Hall–Kier alpha value is -1.02. The number of ether oxygens (including phenoxy) is 2. The van der Waals surface area contributed by atoms with Crippen molar-refractivity contribution >= 4 is 0 Å². The van der Waals surface area contributed by atoms with E-state index >= 15 is 0 Å². The van der Waals surface area contributed by atoms with Crippen LogP contribution in [0.3, 0.4) is 0 Å². The second-order valence-corrected chi connectivity index (χ2v) is 18.4. The van der Waals surface area contributed by atoms with E-state index in [1.807, 2.05) is 0 Å². The molecule has 6 nitrogen and oxygen atoms in total. The lowest BCUT2D eigenvalue weighted by molar-refractivity contribution is -0.390. The van der Waals surface area contributed by atoms with Crippen molar-refractivity contribution in [2.45, 2.75) is 165 Å². The molecule has 2 heterocycles. The van der Waals surface area contributed by atoms with Crippen molar-refractivity contribution in [2.75, 3.05) is 0 Å². The number of hydrogen-bond donors (Lipinski definition) is 0. The van der Waals surface area contributed by atoms with Crippen molar-refractivity contribution in [2.24, 2.45) is 53.3 Å². The summed E-state index contributed by atoms with van der Waals surface area (Å²) in [5, 5.41) is 0. The maximum atomic E-state index is 6.81. The fourth-order valence-corrected chi connectivity index (χ4v) is 13.3. The molecule has 0 amide bonds. The third-order valence-electron chi connectivity index (χ3n) is 15.6. The molecule has 258 valence electrons. The van der Waals surface area contributed by atoms with Gasteiger partial charge in [0, 0.05) is 49.4 Å². The average Bonchev–Trinajstić information content (AvgIpc) is 3.64. The Labute approximate surface area is 282 Å². The summed E-state index contributed by atoms with van der Waals surface area (Å²) in [7, 11) is 0. The van der Waals surface area contributed by atoms with Crippen LogP contribution in [0, 0.1) is 60.2 Å². The maximum Gasteiger partial charge on any atom is 0.210 e. The molecule has 2 aliphatic heterocycles. The highest BCUT2D eigenvalue weighted by Gasteiger charge is 2.68. The zero-order valence-electron chi connectivity index (χ0n) is 29.0. The molecule has 1 aromatic rings. The van der Waals surface area contributed by atoms with E-state index in [0.29, 0.717) is 29.6 Å². The summed E-state index contributed by atoms with van der Waals surface area (Å²) < 4.78 is 13.5. The smallest absolute Gasteiger partial charge is 0.210 e. The van der Waals surface area contributed by atoms with Gasteiger partial charge < -0.3 is 9.47 Å². The van der Waals surface area contributed by atoms with Gasteiger partial charge in [0.05, 0.1) is 0 Å². The molecule has 12 fully saturated rings. The van der Waals surface area contributed by atoms with Gasteiger partial charge in [0.1, 0.15) is 0 Å². The minimum Gasteiger partial charge on any atom is -0.312 e. The molecule has 10 aliphatic carbocycles. The molecule has 13 rings (SSSR count). The van der Waals surface area contributed by atoms with Gasteiger partial charge in [-0.2, -0.15) is 19.6 Å². The summed E-state index contributed by atoms with van der Waals surface area (Å²) in [4.78, 5) is 24.2. The van der Waals surface area contributed by atoms with Crippen LogP contribution in [0.1, 0.15) is 146 Å². The fourth-order valence-electron chi connectivity index (χ4n) is 13.3. The second-order valence-electron chi connectivity index (χ2n) is 18.4. The lowest BCUT2D eigenvalue weighted by Crippen LogP contribution is -2.59. The molecule has 0 aromatic heterocycles. The van der Waals surface area contributed by atoms with E-state index in [0.717, 1.165) is 68.1 Å². The average molecular weight is 647 g/mol. The van der Waals surface area contributed by atoms with Gasteiger partial charge in [0.15, 0.2) is 0 Å². The van der Waals surface area contributed by atoms with Gasteiger partial charge in [-0.15, -0.1) is 0 Å². The van der Waals surface area contributed by atoms with Crippen molar-refractivity contribution in [1.29, 1.82) is 0 Å². The van der Waals surface area contributed by atoms with E-state index in [9.17, 15) is 0 Å². The normalized spacial score (nSPS) is 53.4. The van der Waals surface area contributed by atoms with Gasteiger partial charge in [0.2, 0.25) is 23.1 Å². The van der Waals surface area contributed by atoms with E-state index in [2.05, 4.69) is 38.1 Å². The first-order valence-corrected chi connectivity index (χ1v) is 20.1. The standard InChI is InChI=1S/C23H30O3.C18H28O3/c1-15-2-4-18(5-3-15)19-6-8-22(9-7-19)24-23(26-25-22)20-11-16-10-17(13-20)14-21(23)12-16;1-2-12-3-5-17(6-4-12)19-18(21-20-17)15-8-13-7-14(10-15)11-16(18)9-13/h2-5,16-17,19-21H,6-14H2,1H3;12-16H,2-11H2,1H3. The largest absolute Gasteiger partial charge is 0.312 e. The van der Waals surface area contributed by atoms with E-state index in [4.69, 9.17) is 29.0 Å². The van der Waals surface area contributed by atoms with Gasteiger partial charge in [-0.1, -0.05) is 43.2 Å². The molecule has 0 radical (unpaired) electrons. The Bertz CT molecular complexity index is 1250. The molecule has 1 aromatic carbocycles. The highest BCUT2D eigenvalue weighted by molar-refractivity contribution is 5.25. The molecule has 2 saturated heterocycles. The van der Waals surface area contributed by atoms with Crippen molar-refractivity contribution < 1.29 is 29.0 Å². The van der Waals surface area contributed by atoms with Gasteiger partial charge >= 0.3 is 0 Å². The maximum absolute atomic E-state index is 6.81. The molecule has 8 bridgehead atoms. The summed E-state index contributed by atoms with van der Waals surface area (Å²) in [6.45, 7) is 4.45. The molecule has 0 unspecified atom stereocenters. The van der Waals surface area contributed by atoms with Crippen molar-refractivity contribution in [3.8, 4) is 0 Å². The summed E-state index contributed by atoms with van der Waals surface area (Å²) in [6.07, 6.45) is 23.3. The first kappa shape index (κ1) is 30.8. The summed E-state index contributed by atoms with van der Waals surface area (Å²) >= 11 is 0. The molecule has 0 N–H and O–H groups in total. The summed E-state index contributed by atoms with van der Waals surface area (Å²) in [6, 6.07) is 9.05. The SMILES string of the molecule is CCC1CCC2(CC1)OOC1(O2)C2CC3CC(C2)CC1C3.Cc1ccc(C2CCC3(CC2)OOC2(O3)C3CC4CC(C3)CC2C4)cc1. The van der Waals surface area contributed by atoms with Crippen LogP contribution in [0.2, 0.25) is 0 Å². The van der Waals surface area contributed by atoms with Crippen molar-refractivity contribution in [3.63, 3.8) is 0 Å². The topological polar surface area (TPSA) is 55.4 Å². The third kappa shape index (κ3) is 4.99. The zero-order chi connectivity index (χ0) is 31.4. The Balaban J connectivity index is 0.000000124. The van der Waals surface area contributed by atoms with Crippen LogP contribution in [0.15, 0.2) is 24.3 Å². The predicted molar refractivity (Wildman–Crippen MR) is 176 cm³/mol. The van der Waals surface area contributed by atoms with Crippen LogP contribution in [0.4, 0.5) is 0 Å². The van der Waals surface area contributed by atoms with Crippen LogP contribution in [0.5, 0.6) is 0 Å². The quantitative estimate of drug-likeness (QED) is 0.298. The van der Waals surface area contributed by atoms with Crippen LogP contribution >= 0.6 is 0 Å². The van der Waals surface area contributed by atoms with Crippen molar-refractivity contribution in [3.05, 3.63) is 35.4 Å². The molecular formula is C41H58O6. The minimum absolute atomic E-state index is 0.369. The molecule has 47 heavy (non-hydrogen) atoms. The third-order valence-corrected chi connectivity index (χ3v) is 15.6. The van der Waals surface area contributed by atoms with Gasteiger partial charge in [0.25, 0.3) is 0 Å². The van der Waals surface area contributed by atoms with E-state index in [-0.39, 0.29) is 5.79 Å². The highest BCUT2D eigenvalue weighted by Crippen LogP contribution is 2.65. The highest BCUT2D eigenvalue weighted by atomic mass is 17.3. The summed E-state index contributed by atoms with van der Waals surface area (Å²) in [5.74, 6) is 5.87. The Kier molecular flexibility index (Phi) is 7.36. The number of rotatable bonds is 2.